The van der Waals surface area contributed by atoms with Crippen LogP contribution >= 0.6 is 0 Å². The van der Waals surface area contributed by atoms with Gasteiger partial charge in [-0.15, -0.1) is 0 Å². The summed E-state index contributed by atoms with van der Waals surface area (Å²) in [5, 5.41) is 9.06. The molecule has 0 atom stereocenters. The summed E-state index contributed by atoms with van der Waals surface area (Å²) in [6.45, 7) is 5.12. The molecule has 1 N–H and O–H groups in total. The minimum Gasteiger partial charge on any atom is -0.496 e. The molecule has 0 saturated carbocycles. The molecule has 0 saturated heterocycles. The Kier molecular flexibility index (Phi) is 4.55. The van der Waals surface area contributed by atoms with Gasteiger partial charge in [-0.05, 0) is 32.9 Å². The van der Waals surface area contributed by atoms with Crippen LogP contribution in [0.2, 0.25) is 0 Å². The van der Waals surface area contributed by atoms with Crippen LogP contribution in [0.4, 0.5) is 4.79 Å². The van der Waals surface area contributed by atoms with Crippen molar-refractivity contribution in [3.63, 3.8) is 0 Å². The number of hydrogen-bond donors (Lipinski definition) is 1. The van der Waals surface area contributed by atoms with Gasteiger partial charge in [0.2, 0.25) is 0 Å². The Balaban J connectivity index is 2.76. The number of ether oxygens (including phenoxy) is 3. The summed E-state index contributed by atoms with van der Waals surface area (Å²) in [4.78, 5) is 11.4. The number of carbonyl (C=O) groups excluding carboxylic acids is 1. The number of hydrogen-bond acceptors (Lipinski definition) is 5. The topological polar surface area (TPSA) is 65.0 Å². The standard InChI is InChI=1S/C13H18O5/c1-13(2,3)18-12(15)17-10-6-5-9(8-14)11(7-10)16-4/h5-7,14H,8H2,1-4H3. The maximum atomic E-state index is 11.4. The van der Waals surface area contributed by atoms with Crippen molar-refractivity contribution in [3.8, 4) is 11.5 Å². The average molecular weight is 254 g/mol. The molecule has 0 fully saturated rings. The maximum Gasteiger partial charge on any atom is 0.514 e. The molecule has 5 heteroatoms. The molecule has 0 heterocycles. The second kappa shape index (κ2) is 5.73. The maximum absolute atomic E-state index is 11.4. The van der Waals surface area contributed by atoms with E-state index in [1.807, 2.05) is 0 Å². The van der Waals surface area contributed by atoms with Gasteiger partial charge in [0.05, 0.1) is 13.7 Å². The lowest BCUT2D eigenvalue weighted by molar-refractivity contribution is 0.0206. The Labute approximate surface area is 106 Å². The zero-order valence-electron chi connectivity index (χ0n) is 11.0. The molecule has 1 aromatic rings. The van der Waals surface area contributed by atoms with E-state index in [4.69, 9.17) is 19.3 Å². The third kappa shape index (κ3) is 4.25. The predicted molar refractivity (Wildman–Crippen MR) is 65.8 cm³/mol. The Bertz CT molecular complexity index is 420. The molecule has 0 aliphatic heterocycles. The second-order valence-corrected chi connectivity index (χ2v) is 4.70. The Morgan fingerprint density at radius 1 is 1.33 bits per heavy atom. The van der Waals surface area contributed by atoms with Gasteiger partial charge in [-0.25, -0.2) is 4.79 Å². The summed E-state index contributed by atoms with van der Waals surface area (Å²) in [6, 6.07) is 4.71. The van der Waals surface area contributed by atoms with Crippen molar-refractivity contribution in [3.05, 3.63) is 23.8 Å². The fourth-order valence-electron chi connectivity index (χ4n) is 1.29. The zero-order chi connectivity index (χ0) is 13.8. The highest BCUT2D eigenvalue weighted by atomic mass is 16.7. The van der Waals surface area contributed by atoms with Crippen molar-refractivity contribution in [2.75, 3.05) is 7.11 Å². The molecule has 1 aromatic carbocycles. The first-order valence-electron chi connectivity index (χ1n) is 5.54. The predicted octanol–water partition coefficient (Wildman–Crippen LogP) is 2.50. The fourth-order valence-corrected chi connectivity index (χ4v) is 1.29. The van der Waals surface area contributed by atoms with Crippen molar-refractivity contribution in [2.45, 2.75) is 33.0 Å². The normalized spacial score (nSPS) is 10.9. The minimum absolute atomic E-state index is 0.143. The molecule has 100 valence electrons. The largest absolute Gasteiger partial charge is 0.514 e. The van der Waals surface area contributed by atoms with E-state index < -0.39 is 11.8 Å². The first-order valence-corrected chi connectivity index (χ1v) is 5.54. The van der Waals surface area contributed by atoms with E-state index in [9.17, 15) is 4.79 Å². The van der Waals surface area contributed by atoms with Gasteiger partial charge < -0.3 is 19.3 Å². The van der Waals surface area contributed by atoms with Gasteiger partial charge in [0.1, 0.15) is 17.1 Å². The summed E-state index contributed by atoms with van der Waals surface area (Å²) in [7, 11) is 1.48. The highest BCUT2D eigenvalue weighted by molar-refractivity contribution is 5.64. The van der Waals surface area contributed by atoms with Crippen LogP contribution in [0.3, 0.4) is 0 Å². The highest BCUT2D eigenvalue weighted by Crippen LogP contribution is 2.25. The summed E-state index contributed by atoms with van der Waals surface area (Å²) in [5.41, 5.74) is 0.0145. The van der Waals surface area contributed by atoms with Gasteiger partial charge in [0.15, 0.2) is 0 Å². The van der Waals surface area contributed by atoms with Crippen molar-refractivity contribution < 1.29 is 24.1 Å². The Hall–Kier alpha value is -1.75. The van der Waals surface area contributed by atoms with E-state index in [2.05, 4.69) is 0 Å². The minimum atomic E-state index is -0.777. The van der Waals surface area contributed by atoms with Crippen LogP contribution in [0.1, 0.15) is 26.3 Å². The first kappa shape index (κ1) is 14.3. The van der Waals surface area contributed by atoms with Gasteiger partial charge in [-0.1, -0.05) is 0 Å². The number of rotatable bonds is 3. The van der Waals surface area contributed by atoms with E-state index in [1.54, 1.807) is 32.9 Å². The molecule has 0 amide bonds. The molecular formula is C13H18O5. The molecule has 1 rings (SSSR count). The molecule has 18 heavy (non-hydrogen) atoms. The average Bonchev–Trinajstić information content (AvgIpc) is 2.26. The van der Waals surface area contributed by atoms with Gasteiger partial charge in [-0.3, -0.25) is 0 Å². The highest BCUT2D eigenvalue weighted by Gasteiger charge is 2.18. The molecule has 5 nitrogen and oxygen atoms in total. The summed E-state index contributed by atoms with van der Waals surface area (Å²) < 4.78 is 15.1. The quantitative estimate of drug-likeness (QED) is 0.663. The number of benzene rings is 1. The second-order valence-electron chi connectivity index (χ2n) is 4.70. The van der Waals surface area contributed by atoms with Gasteiger partial charge in [0, 0.05) is 11.6 Å². The SMILES string of the molecule is COc1cc(OC(=O)OC(C)(C)C)ccc1CO. The molecule has 0 aliphatic carbocycles. The van der Waals surface area contributed by atoms with Crippen LogP contribution in [0.15, 0.2) is 18.2 Å². The van der Waals surface area contributed by atoms with Crippen LogP contribution in [0.25, 0.3) is 0 Å². The molecule has 0 aliphatic rings. The van der Waals surface area contributed by atoms with E-state index in [1.165, 1.54) is 13.2 Å². The lowest BCUT2D eigenvalue weighted by atomic mass is 10.2. The lowest BCUT2D eigenvalue weighted by Crippen LogP contribution is -2.25. The molecule has 0 unspecified atom stereocenters. The first-order chi connectivity index (χ1) is 8.35. The molecule has 0 radical (unpaired) electrons. The van der Waals surface area contributed by atoms with Gasteiger partial charge in [0.25, 0.3) is 0 Å². The summed E-state index contributed by atoms with van der Waals surface area (Å²) in [6.07, 6.45) is -0.777. The van der Waals surface area contributed by atoms with Gasteiger partial charge >= 0.3 is 6.16 Å². The number of carbonyl (C=O) groups is 1. The molecule has 0 aromatic heterocycles. The molecule has 0 spiro atoms. The monoisotopic (exact) mass is 254 g/mol. The number of methoxy groups -OCH3 is 1. The van der Waals surface area contributed by atoms with Crippen molar-refractivity contribution in [1.82, 2.24) is 0 Å². The third-order valence-electron chi connectivity index (χ3n) is 2.02. The van der Waals surface area contributed by atoms with Gasteiger partial charge in [-0.2, -0.15) is 0 Å². The van der Waals surface area contributed by atoms with Crippen LogP contribution in [-0.4, -0.2) is 24.0 Å². The van der Waals surface area contributed by atoms with E-state index in [-0.39, 0.29) is 6.61 Å². The van der Waals surface area contributed by atoms with Crippen LogP contribution in [0.5, 0.6) is 11.5 Å². The fraction of sp³-hybridized carbons (Fsp3) is 0.462. The molecule has 0 bridgehead atoms. The van der Waals surface area contributed by atoms with Crippen LogP contribution in [-0.2, 0) is 11.3 Å². The Morgan fingerprint density at radius 2 is 2.00 bits per heavy atom. The third-order valence-corrected chi connectivity index (χ3v) is 2.02. The summed E-state index contributed by atoms with van der Waals surface area (Å²) >= 11 is 0. The number of aliphatic hydroxyl groups is 1. The Morgan fingerprint density at radius 3 is 2.50 bits per heavy atom. The van der Waals surface area contributed by atoms with Crippen molar-refractivity contribution >= 4 is 6.16 Å². The van der Waals surface area contributed by atoms with E-state index >= 15 is 0 Å². The number of aliphatic hydroxyl groups excluding tert-OH is 1. The lowest BCUT2D eigenvalue weighted by Gasteiger charge is -2.18. The van der Waals surface area contributed by atoms with Crippen LogP contribution < -0.4 is 9.47 Å². The van der Waals surface area contributed by atoms with E-state index in [0.29, 0.717) is 17.1 Å². The zero-order valence-corrected chi connectivity index (χ0v) is 11.0. The summed E-state index contributed by atoms with van der Waals surface area (Å²) in [5.74, 6) is 0.761. The smallest absolute Gasteiger partial charge is 0.496 e. The van der Waals surface area contributed by atoms with E-state index in [0.717, 1.165) is 0 Å². The van der Waals surface area contributed by atoms with Crippen molar-refractivity contribution in [2.24, 2.45) is 0 Å². The van der Waals surface area contributed by atoms with Crippen LogP contribution in [0, 0.1) is 0 Å². The van der Waals surface area contributed by atoms with Crippen molar-refractivity contribution in [1.29, 1.82) is 0 Å². The molecular weight excluding hydrogens is 236 g/mol.